The molecule has 0 aliphatic carbocycles. The molecule has 1 aliphatic heterocycles. The molecule has 1 fully saturated rings. The Morgan fingerprint density at radius 3 is 1.43 bits per heavy atom. The number of hydrogen-bond donors (Lipinski definition) is 6. The van der Waals surface area contributed by atoms with Gasteiger partial charge in [-0.1, -0.05) is 206 Å². The summed E-state index contributed by atoms with van der Waals surface area (Å²) in [5.41, 5.74) is 0. The molecular weight excluding hydrogens is 731 g/mol. The van der Waals surface area contributed by atoms with E-state index in [9.17, 15) is 30.3 Å². The fourth-order valence-electron chi connectivity index (χ4n) is 8.10. The maximum atomic E-state index is 13.0. The van der Waals surface area contributed by atoms with Crippen molar-refractivity contribution in [1.29, 1.82) is 0 Å². The van der Waals surface area contributed by atoms with Crippen molar-refractivity contribution in [3.8, 4) is 0 Å². The number of nitrogens with one attached hydrogen (secondary N) is 1. The second-order valence-corrected chi connectivity index (χ2v) is 17.6. The van der Waals surface area contributed by atoms with Crippen molar-refractivity contribution in [1.82, 2.24) is 5.32 Å². The number of rotatable bonds is 42. The molecule has 0 aromatic heterocycles. The summed E-state index contributed by atoms with van der Waals surface area (Å²) in [4.78, 5) is 13.0. The quantitative estimate of drug-likeness (QED) is 0.0263. The van der Waals surface area contributed by atoms with Crippen LogP contribution in [0.4, 0.5) is 0 Å². The molecule has 6 N–H and O–H groups in total. The van der Waals surface area contributed by atoms with Gasteiger partial charge in [0, 0.05) is 6.42 Å². The molecule has 9 heteroatoms. The molecule has 1 rings (SSSR count). The van der Waals surface area contributed by atoms with Gasteiger partial charge < -0.3 is 40.3 Å². The average molecular weight is 826 g/mol. The second kappa shape index (κ2) is 40.0. The smallest absolute Gasteiger partial charge is 0.220 e. The molecule has 1 saturated heterocycles. The molecule has 1 heterocycles. The highest BCUT2D eigenvalue weighted by atomic mass is 16.7. The zero-order valence-electron chi connectivity index (χ0n) is 37.8. The first kappa shape index (κ1) is 54.9. The van der Waals surface area contributed by atoms with E-state index in [4.69, 9.17) is 9.47 Å². The summed E-state index contributed by atoms with van der Waals surface area (Å²) in [5.74, 6) is -0.152. The van der Waals surface area contributed by atoms with Crippen LogP contribution >= 0.6 is 0 Å². The van der Waals surface area contributed by atoms with Gasteiger partial charge in [0.1, 0.15) is 24.4 Å². The van der Waals surface area contributed by atoms with Crippen molar-refractivity contribution in [3.63, 3.8) is 0 Å². The minimum absolute atomic E-state index is 0.138. The Morgan fingerprint density at radius 1 is 0.569 bits per heavy atom. The Balaban J connectivity index is 2.23. The van der Waals surface area contributed by atoms with E-state index < -0.39 is 49.5 Å². The van der Waals surface area contributed by atoms with Crippen molar-refractivity contribution in [2.45, 2.75) is 281 Å². The third kappa shape index (κ3) is 30.0. The van der Waals surface area contributed by atoms with E-state index in [1.54, 1.807) is 0 Å². The number of unbranched alkanes of at least 4 members (excludes halogenated alkanes) is 30. The van der Waals surface area contributed by atoms with E-state index >= 15 is 0 Å². The highest BCUT2D eigenvalue weighted by molar-refractivity contribution is 5.76. The lowest BCUT2D eigenvalue weighted by Gasteiger charge is -2.40. The van der Waals surface area contributed by atoms with Crippen LogP contribution in [-0.4, -0.2) is 87.5 Å². The minimum atomic E-state index is -1.55. The number of carbonyl (C=O) groups is 1. The molecule has 0 aromatic rings. The lowest BCUT2D eigenvalue weighted by molar-refractivity contribution is -0.302. The summed E-state index contributed by atoms with van der Waals surface area (Å²) in [5, 5.41) is 54.4. The van der Waals surface area contributed by atoms with Gasteiger partial charge in [-0.3, -0.25) is 4.79 Å². The largest absolute Gasteiger partial charge is 0.394 e. The van der Waals surface area contributed by atoms with Gasteiger partial charge in [-0.05, 0) is 38.5 Å². The first-order valence-electron chi connectivity index (χ1n) is 24.9. The number of hydrogen-bond acceptors (Lipinski definition) is 8. The molecule has 1 aliphatic rings. The molecule has 0 radical (unpaired) electrons. The Hall–Kier alpha value is -1.07. The number of ether oxygens (including phenoxy) is 2. The van der Waals surface area contributed by atoms with E-state index in [1.165, 1.54) is 161 Å². The van der Waals surface area contributed by atoms with Crippen LogP contribution in [0.1, 0.15) is 239 Å². The standard InChI is InChI=1S/C49H95NO8/c1-3-5-7-9-11-13-15-17-18-19-20-21-22-23-24-25-26-27-28-30-32-34-36-38-43(52)42(41-57-49-48(56)47(55)46(54)44(40-51)58-49)50-45(53)39-37-35-33-31-29-16-14-12-10-8-6-4-2/h12,14,42-44,46-49,51-52,54-56H,3-11,13,15-41H2,1-2H3,(H,50,53)/b14-12-. The first-order chi connectivity index (χ1) is 28.3. The third-order valence-corrected chi connectivity index (χ3v) is 12.1. The number of amides is 1. The average Bonchev–Trinajstić information content (AvgIpc) is 3.22. The normalized spacial score (nSPS) is 20.8. The lowest BCUT2D eigenvalue weighted by Crippen LogP contribution is -2.60. The Kier molecular flexibility index (Phi) is 37.9. The van der Waals surface area contributed by atoms with E-state index in [-0.39, 0.29) is 12.5 Å². The van der Waals surface area contributed by atoms with Crippen molar-refractivity contribution in [2.75, 3.05) is 13.2 Å². The molecule has 0 bridgehead atoms. The summed E-state index contributed by atoms with van der Waals surface area (Å²) in [6.45, 7) is 3.82. The predicted molar refractivity (Wildman–Crippen MR) is 240 cm³/mol. The fourth-order valence-corrected chi connectivity index (χ4v) is 8.10. The van der Waals surface area contributed by atoms with Crippen LogP contribution in [0.15, 0.2) is 12.2 Å². The van der Waals surface area contributed by atoms with Crippen molar-refractivity contribution in [2.24, 2.45) is 0 Å². The summed E-state index contributed by atoms with van der Waals surface area (Å²) < 4.78 is 11.3. The monoisotopic (exact) mass is 826 g/mol. The molecule has 7 unspecified atom stereocenters. The maximum Gasteiger partial charge on any atom is 0.220 e. The number of carbonyl (C=O) groups excluding carboxylic acids is 1. The zero-order valence-corrected chi connectivity index (χ0v) is 37.8. The van der Waals surface area contributed by atoms with E-state index in [0.717, 1.165) is 51.4 Å². The van der Waals surface area contributed by atoms with Crippen LogP contribution in [0.3, 0.4) is 0 Å². The Morgan fingerprint density at radius 2 is 0.966 bits per heavy atom. The Bertz CT molecular complexity index is 919. The molecule has 344 valence electrons. The first-order valence-corrected chi connectivity index (χ1v) is 24.9. The molecule has 58 heavy (non-hydrogen) atoms. The minimum Gasteiger partial charge on any atom is -0.394 e. The SMILES string of the molecule is CCCCC/C=C\CCCCCCCC(=O)NC(COC1OC(CO)C(O)C(O)C1O)C(O)CCCCCCCCCCCCCCCCCCCCCCCCC. The van der Waals surface area contributed by atoms with Crippen LogP contribution in [0, 0.1) is 0 Å². The maximum absolute atomic E-state index is 13.0. The van der Waals surface area contributed by atoms with Crippen LogP contribution in [0.25, 0.3) is 0 Å². The van der Waals surface area contributed by atoms with Gasteiger partial charge in [0.25, 0.3) is 0 Å². The van der Waals surface area contributed by atoms with E-state index in [2.05, 4.69) is 31.3 Å². The van der Waals surface area contributed by atoms with E-state index in [0.29, 0.717) is 12.8 Å². The summed E-state index contributed by atoms with van der Waals surface area (Å²) >= 11 is 0. The number of aliphatic hydroxyl groups is 5. The molecule has 0 spiro atoms. The van der Waals surface area contributed by atoms with Gasteiger partial charge in [-0.2, -0.15) is 0 Å². The summed E-state index contributed by atoms with van der Waals surface area (Å²) in [7, 11) is 0. The van der Waals surface area contributed by atoms with Crippen LogP contribution < -0.4 is 5.32 Å². The molecule has 7 atom stereocenters. The molecule has 0 saturated carbocycles. The van der Waals surface area contributed by atoms with Gasteiger partial charge in [-0.25, -0.2) is 0 Å². The topological polar surface area (TPSA) is 149 Å². The molecule has 1 amide bonds. The van der Waals surface area contributed by atoms with Crippen LogP contribution in [-0.2, 0) is 14.3 Å². The second-order valence-electron chi connectivity index (χ2n) is 17.6. The predicted octanol–water partition coefficient (Wildman–Crippen LogP) is 10.9. The van der Waals surface area contributed by atoms with Gasteiger partial charge >= 0.3 is 0 Å². The van der Waals surface area contributed by atoms with Gasteiger partial charge in [0.15, 0.2) is 6.29 Å². The third-order valence-electron chi connectivity index (χ3n) is 12.1. The Labute approximate surface area is 356 Å². The van der Waals surface area contributed by atoms with Crippen molar-refractivity contribution in [3.05, 3.63) is 12.2 Å². The lowest BCUT2D eigenvalue weighted by atomic mass is 9.99. The van der Waals surface area contributed by atoms with Gasteiger partial charge in [0.2, 0.25) is 5.91 Å². The van der Waals surface area contributed by atoms with Gasteiger partial charge in [-0.15, -0.1) is 0 Å². The van der Waals surface area contributed by atoms with Crippen LogP contribution in [0.2, 0.25) is 0 Å². The number of allylic oxidation sites excluding steroid dienone is 2. The zero-order chi connectivity index (χ0) is 42.3. The van der Waals surface area contributed by atoms with Crippen LogP contribution in [0.5, 0.6) is 0 Å². The highest BCUT2D eigenvalue weighted by Gasteiger charge is 2.44. The molecule has 9 nitrogen and oxygen atoms in total. The molecular formula is C49H95NO8. The molecule has 0 aromatic carbocycles. The van der Waals surface area contributed by atoms with E-state index in [1.807, 2.05) is 0 Å². The fraction of sp³-hybridized carbons (Fsp3) is 0.939. The summed E-state index contributed by atoms with van der Waals surface area (Å²) in [6, 6.07) is -0.719. The van der Waals surface area contributed by atoms with Crippen molar-refractivity contribution >= 4 is 5.91 Å². The number of aliphatic hydroxyl groups excluding tert-OH is 5. The van der Waals surface area contributed by atoms with Crippen molar-refractivity contribution < 1.29 is 39.8 Å². The van der Waals surface area contributed by atoms with Gasteiger partial charge in [0.05, 0.1) is 25.4 Å². The highest BCUT2D eigenvalue weighted by Crippen LogP contribution is 2.23. The summed E-state index contributed by atoms with van der Waals surface area (Å²) in [6.07, 6.45) is 39.4.